The topological polar surface area (TPSA) is 158 Å². The van der Waals surface area contributed by atoms with Crippen LogP contribution in [0.2, 0.25) is 0 Å². The van der Waals surface area contributed by atoms with Gasteiger partial charge in [0.1, 0.15) is 12.4 Å². The Kier molecular flexibility index (Phi) is 17.5. The molecule has 0 unspecified atom stereocenters. The van der Waals surface area contributed by atoms with Crippen molar-refractivity contribution in [1.82, 2.24) is 0 Å². The number of aliphatic hydroxyl groups is 1. The van der Waals surface area contributed by atoms with E-state index in [1.807, 2.05) is 0 Å². The van der Waals surface area contributed by atoms with Crippen molar-refractivity contribution in [1.29, 1.82) is 0 Å². The summed E-state index contributed by atoms with van der Waals surface area (Å²) in [5, 5.41) is 8.44. The first-order valence-corrected chi connectivity index (χ1v) is 8.06. The molecule has 0 aromatic carbocycles. The summed E-state index contributed by atoms with van der Waals surface area (Å²) in [6.07, 6.45) is 1.69. The second-order valence-electron chi connectivity index (χ2n) is 4.04. The van der Waals surface area contributed by atoms with Gasteiger partial charge in [-0.25, -0.2) is 0 Å². The van der Waals surface area contributed by atoms with Crippen LogP contribution < -0.4 is 0 Å². The van der Waals surface area contributed by atoms with E-state index in [0.29, 0.717) is 31.2 Å². The zero-order valence-corrected chi connectivity index (χ0v) is 15.6. The van der Waals surface area contributed by atoms with Crippen LogP contribution in [0.1, 0.15) is 51.3 Å². The van der Waals surface area contributed by atoms with Crippen LogP contribution in [0.4, 0.5) is 0 Å². The number of hydrogen-bond donors (Lipinski definition) is 1. The van der Waals surface area contributed by atoms with E-state index in [1.165, 1.54) is 25.1 Å². The Bertz CT molecular complexity index is 703. The normalized spacial score (nSPS) is 8.26. The number of aldehydes is 3. The van der Waals surface area contributed by atoms with Crippen molar-refractivity contribution in [2.24, 2.45) is 0 Å². The molecule has 2 rings (SSSR count). The van der Waals surface area contributed by atoms with E-state index in [4.69, 9.17) is 17.2 Å². The van der Waals surface area contributed by atoms with Crippen molar-refractivity contribution in [3.63, 3.8) is 0 Å². The summed E-state index contributed by atoms with van der Waals surface area (Å²) in [6, 6.07) is 5.95. The summed E-state index contributed by atoms with van der Waals surface area (Å²) in [7, 11) is 0. The Morgan fingerprint density at radius 3 is 1.59 bits per heavy atom. The molecule has 0 aliphatic carbocycles. The maximum atomic E-state index is 9.96. The summed E-state index contributed by atoms with van der Waals surface area (Å²) in [6.45, 7) is 3.49. The van der Waals surface area contributed by atoms with E-state index in [1.54, 1.807) is 13.0 Å². The molecule has 2 aromatic heterocycles. The molecule has 10 nitrogen and oxygen atoms in total. The van der Waals surface area contributed by atoms with Gasteiger partial charge in [0.05, 0.1) is 6.61 Å². The van der Waals surface area contributed by atoms with Crippen LogP contribution in [0, 0.1) is 0 Å². The average molecular weight is 425 g/mol. The number of furan rings is 2. The zero-order chi connectivity index (χ0) is 21.1. The molecule has 2 aromatic rings. The van der Waals surface area contributed by atoms with Gasteiger partial charge in [0.25, 0.3) is 0 Å². The third-order valence-electron chi connectivity index (χ3n) is 2.18. The second kappa shape index (κ2) is 17.9. The first-order valence-electron chi connectivity index (χ1n) is 7.09. The van der Waals surface area contributed by atoms with E-state index in [-0.39, 0.29) is 29.9 Å². The summed E-state index contributed by atoms with van der Waals surface area (Å²) >= 11 is -1.44. The van der Waals surface area contributed by atoms with E-state index in [2.05, 4.69) is 9.15 Å². The van der Waals surface area contributed by atoms with Crippen molar-refractivity contribution < 1.29 is 60.3 Å². The Morgan fingerprint density at radius 1 is 1.00 bits per heavy atom. The molecule has 1 N–H and O–H groups in total. The second-order valence-corrected chi connectivity index (χ2v) is 4.24. The standard InChI is InChI=1S/C6H6O3.C6H4O3.C4H8O2.Mn.2O/c2*7-3-5-1-2-6(4-8)9-5;1-3-6-4(2)5;;;/h1-3,8H,4H2;1-4H;3H2,1-2H3;;;. The van der Waals surface area contributed by atoms with Crippen molar-refractivity contribution in [2.75, 3.05) is 6.61 Å². The van der Waals surface area contributed by atoms with E-state index in [0.717, 1.165) is 0 Å². The van der Waals surface area contributed by atoms with E-state index < -0.39 is 14.8 Å². The third kappa shape index (κ3) is 15.1. The molecule has 0 saturated heterocycles. The minimum atomic E-state index is -1.44. The molecule has 0 aliphatic rings. The van der Waals surface area contributed by atoms with Crippen LogP contribution in [-0.2, 0) is 38.6 Å². The Labute approximate surface area is 160 Å². The van der Waals surface area contributed by atoms with Gasteiger partial charge >= 0.3 is 28.5 Å². The number of carbonyl (C=O) groups is 4. The van der Waals surface area contributed by atoms with Crippen LogP contribution in [0.5, 0.6) is 0 Å². The van der Waals surface area contributed by atoms with Crippen molar-refractivity contribution in [3.05, 3.63) is 47.3 Å². The average Bonchev–Trinajstić information content (AvgIpc) is 3.32. The Morgan fingerprint density at radius 2 is 1.41 bits per heavy atom. The molecule has 0 aliphatic heterocycles. The van der Waals surface area contributed by atoms with Crippen LogP contribution in [0.25, 0.3) is 0 Å². The zero-order valence-electron chi connectivity index (χ0n) is 14.5. The molecule has 0 spiro atoms. The van der Waals surface area contributed by atoms with Gasteiger partial charge in [-0.1, -0.05) is 0 Å². The van der Waals surface area contributed by atoms with E-state index >= 15 is 0 Å². The molecule has 2 heterocycles. The van der Waals surface area contributed by atoms with Gasteiger partial charge in [-0.3, -0.25) is 19.2 Å². The number of aliphatic hydroxyl groups excluding tert-OH is 1. The maximum absolute atomic E-state index is 9.96. The van der Waals surface area contributed by atoms with Gasteiger partial charge in [-0.2, -0.15) is 0 Å². The van der Waals surface area contributed by atoms with Gasteiger partial charge in [-0.05, 0) is 31.2 Å². The summed E-state index contributed by atoms with van der Waals surface area (Å²) in [4.78, 5) is 39.6. The van der Waals surface area contributed by atoms with Gasteiger partial charge in [-0.15, -0.1) is 0 Å². The number of rotatable bonds is 5. The molecule has 11 heteroatoms. The van der Waals surface area contributed by atoms with Gasteiger partial charge < -0.3 is 18.7 Å². The quantitative estimate of drug-likeness (QED) is 0.425. The first-order chi connectivity index (χ1) is 12.9. The monoisotopic (exact) mass is 425 g/mol. The molecule has 0 saturated carbocycles. The van der Waals surface area contributed by atoms with E-state index in [9.17, 15) is 19.2 Å². The molecule has 0 amide bonds. The molecule has 27 heavy (non-hydrogen) atoms. The van der Waals surface area contributed by atoms with Crippen LogP contribution in [0.3, 0.4) is 0 Å². The van der Waals surface area contributed by atoms with Crippen molar-refractivity contribution >= 4 is 24.8 Å². The van der Waals surface area contributed by atoms with Gasteiger partial charge in [0.15, 0.2) is 36.1 Å². The third-order valence-corrected chi connectivity index (χ3v) is 2.18. The number of esters is 1. The van der Waals surface area contributed by atoms with Crippen LogP contribution >= 0.6 is 0 Å². The summed E-state index contributed by atoms with van der Waals surface area (Å²) in [5.74, 6) is 0.808. The molecular formula is C16H18MnO10. The minimum absolute atomic E-state index is 0.159. The van der Waals surface area contributed by atoms with Crippen LogP contribution in [-0.4, -0.2) is 36.5 Å². The summed E-state index contributed by atoms with van der Waals surface area (Å²) < 4.78 is 30.6. The van der Waals surface area contributed by atoms with Gasteiger partial charge in [0, 0.05) is 6.92 Å². The SMILES string of the molecule is CCOC(C)=O.O=Cc1ccc(C=O)o1.O=Cc1ccc(CO)o1.[O]=[Mn]=[O]. The van der Waals surface area contributed by atoms with Crippen LogP contribution in [0.15, 0.2) is 33.1 Å². The Balaban J connectivity index is 0. The predicted molar refractivity (Wildman–Crippen MR) is 83.2 cm³/mol. The fourth-order valence-electron chi connectivity index (χ4n) is 1.24. The molecule has 0 radical (unpaired) electrons. The molecule has 149 valence electrons. The summed E-state index contributed by atoms with van der Waals surface area (Å²) in [5.41, 5.74) is 0. The van der Waals surface area contributed by atoms with Crippen molar-refractivity contribution in [2.45, 2.75) is 20.5 Å². The number of carbonyl (C=O) groups excluding carboxylic acids is 4. The van der Waals surface area contributed by atoms with Crippen molar-refractivity contribution in [3.8, 4) is 0 Å². The number of hydrogen-bond acceptors (Lipinski definition) is 10. The predicted octanol–water partition coefficient (Wildman–Crippen LogP) is 1.82. The Hall–Kier alpha value is -2.88. The number of ether oxygens (including phenoxy) is 1. The fourth-order valence-corrected chi connectivity index (χ4v) is 1.24. The molecule has 0 fully saturated rings. The molecule has 0 atom stereocenters. The molecular weight excluding hydrogens is 407 g/mol. The van der Waals surface area contributed by atoms with Gasteiger partial charge in [0.2, 0.25) is 0 Å². The fraction of sp³-hybridized carbons (Fsp3) is 0.250. The first kappa shape index (κ1) is 26.3. The molecule has 0 bridgehead atoms.